The van der Waals surface area contributed by atoms with E-state index in [4.69, 9.17) is 4.74 Å². The van der Waals surface area contributed by atoms with E-state index in [0.717, 1.165) is 22.4 Å². The van der Waals surface area contributed by atoms with Gasteiger partial charge in [0.1, 0.15) is 12.4 Å². The maximum atomic E-state index is 9.25. The quantitative estimate of drug-likeness (QED) is 0.875. The Labute approximate surface area is 101 Å². The molecule has 0 amide bonds. The SMILES string of the molecule is Cc1ccc(OCc2ccncc2)c(CO)c1. The van der Waals surface area contributed by atoms with Gasteiger partial charge < -0.3 is 9.84 Å². The molecule has 1 aromatic carbocycles. The molecule has 0 atom stereocenters. The number of pyridine rings is 1. The fraction of sp³-hybridized carbons (Fsp3) is 0.214. The Morgan fingerprint density at radius 1 is 1.18 bits per heavy atom. The van der Waals surface area contributed by atoms with E-state index in [1.807, 2.05) is 37.3 Å². The Morgan fingerprint density at radius 2 is 1.94 bits per heavy atom. The first-order chi connectivity index (χ1) is 8.29. The van der Waals surface area contributed by atoms with E-state index in [0.29, 0.717) is 6.61 Å². The van der Waals surface area contributed by atoms with Crippen molar-refractivity contribution in [3.8, 4) is 5.75 Å². The summed E-state index contributed by atoms with van der Waals surface area (Å²) >= 11 is 0. The van der Waals surface area contributed by atoms with Crippen LogP contribution in [0.15, 0.2) is 42.7 Å². The van der Waals surface area contributed by atoms with Crippen molar-refractivity contribution in [1.29, 1.82) is 0 Å². The van der Waals surface area contributed by atoms with E-state index in [1.54, 1.807) is 12.4 Å². The molecule has 3 nitrogen and oxygen atoms in total. The van der Waals surface area contributed by atoms with Crippen molar-refractivity contribution in [2.75, 3.05) is 0 Å². The minimum absolute atomic E-state index is 0.00659. The summed E-state index contributed by atoms with van der Waals surface area (Å²) in [6.07, 6.45) is 3.47. The third-order valence-electron chi connectivity index (χ3n) is 2.53. The molecule has 0 saturated heterocycles. The molecule has 0 saturated carbocycles. The van der Waals surface area contributed by atoms with Crippen molar-refractivity contribution < 1.29 is 9.84 Å². The number of aliphatic hydroxyl groups excluding tert-OH is 1. The number of aliphatic hydroxyl groups is 1. The lowest BCUT2D eigenvalue weighted by atomic mass is 10.1. The molecule has 0 aliphatic heterocycles. The lowest BCUT2D eigenvalue weighted by Crippen LogP contribution is -1.99. The van der Waals surface area contributed by atoms with Crippen molar-refractivity contribution in [1.82, 2.24) is 4.98 Å². The molecule has 0 radical (unpaired) electrons. The zero-order valence-corrected chi connectivity index (χ0v) is 9.76. The second kappa shape index (κ2) is 5.46. The van der Waals surface area contributed by atoms with Crippen LogP contribution in [0.2, 0.25) is 0 Å². The Bertz CT molecular complexity index is 483. The summed E-state index contributed by atoms with van der Waals surface area (Å²) < 4.78 is 5.68. The summed E-state index contributed by atoms with van der Waals surface area (Å²) in [5, 5.41) is 9.25. The first kappa shape index (κ1) is 11.6. The first-order valence-corrected chi connectivity index (χ1v) is 5.51. The second-order valence-corrected chi connectivity index (χ2v) is 3.91. The van der Waals surface area contributed by atoms with Gasteiger partial charge in [0.15, 0.2) is 0 Å². The van der Waals surface area contributed by atoms with Crippen LogP contribution in [0.3, 0.4) is 0 Å². The van der Waals surface area contributed by atoms with Gasteiger partial charge in [0.25, 0.3) is 0 Å². The van der Waals surface area contributed by atoms with Crippen LogP contribution in [0.1, 0.15) is 16.7 Å². The van der Waals surface area contributed by atoms with Crippen molar-refractivity contribution in [3.05, 3.63) is 59.4 Å². The fourth-order valence-electron chi connectivity index (χ4n) is 1.61. The van der Waals surface area contributed by atoms with Crippen LogP contribution < -0.4 is 4.74 Å². The molecule has 1 aromatic heterocycles. The molecule has 1 N–H and O–H groups in total. The van der Waals surface area contributed by atoms with Gasteiger partial charge in [-0.1, -0.05) is 17.7 Å². The number of nitrogens with zero attached hydrogens (tertiary/aromatic N) is 1. The lowest BCUT2D eigenvalue weighted by molar-refractivity contribution is 0.259. The zero-order valence-electron chi connectivity index (χ0n) is 9.76. The number of benzene rings is 1. The molecule has 1 heterocycles. The van der Waals surface area contributed by atoms with Crippen LogP contribution in [0.5, 0.6) is 5.75 Å². The highest BCUT2D eigenvalue weighted by molar-refractivity contribution is 5.36. The third-order valence-corrected chi connectivity index (χ3v) is 2.53. The lowest BCUT2D eigenvalue weighted by Gasteiger charge is -2.10. The van der Waals surface area contributed by atoms with E-state index in [2.05, 4.69) is 4.98 Å². The number of aryl methyl sites for hydroxylation is 1. The summed E-state index contributed by atoms with van der Waals surface area (Å²) in [5.41, 5.74) is 2.99. The van der Waals surface area contributed by atoms with Crippen molar-refractivity contribution in [2.45, 2.75) is 20.1 Å². The number of hydrogen-bond acceptors (Lipinski definition) is 3. The van der Waals surface area contributed by atoms with E-state index in [9.17, 15) is 5.11 Å². The molecular formula is C14H15NO2. The highest BCUT2D eigenvalue weighted by atomic mass is 16.5. The molecule has 0 aliphatic rings. The summed E-state index contributed by atoms with van der Waals surface area (Å²) in [4.78, 5) is 3.95. The van der Waals surface area contributed by atoms with Crippen LogP contribution in [-0.4, -0.2) is 10.1 Å². The molecule has 0 aliphatic carbocycles. The Hall–Kier alpha value is -1.87. The van der Waals surface area contributed by atoms with Gasteiger partial charge in [-0.2, -0.15) is 0 Å². The standard InChI is InChI=1S/C14H15NO2/c1-11-2-3-14(13(8-11)9-16)17-10-12-4-6-15-7-5-12/h2-8,16H,9-10H2,1H3. The number of hydrogen-bond donors (Lipinski definition) is 1. The van der Waals surface area contributed by atoms with Gasteiger partial charge in [0.2, 0.25) is 0 Å². The second-order valence-electron chi connectivity index (χ2n) is 3.91. The van der Waals surface area contributed by atoms with Crippen molar-refractivity contribution >= 4 is 0 Å². The molecule has 2 rings (SSSR count). The first-order valence-electron chi connectivity index (χ1n) is 5.51. The summed E-state index contributed by atoms with van der Waals surface area (Å²) in [6.45, 7) is 2.47. The predicted molar refractivity (Wildman–Crippen MR) is 65.7 cm³/mol. The Balaban J connectivity index is 2.09. The van der Waals surface area contributed by atoms with Gasteiger partial charge in [-0.3, -0.25) is 4.98 Å². The third kappa shape index (κ3) is 3.04. The van der Waals surface area contributed by atoms with Crippen LogP contribution >= 0.6 is 0 Å². The van der Waals surface area contributed by atoms with Crippen LogP contribution in [0, 0.1) is 6.92 Å². The van der Waals surface area contributed by atoms with Crippen LogP contribution in [0.25, 0.3) is 0 Å². The fourth-order valence-corrected chi connectivity index (χ4v) is 1.61. The number of aromatic nitrogens is 1. The molecule has 0 bridgehead atoms. The summed E-state index contributed by atoms with van der Waals surface area (Å²) in [5.74, 6) is 0.731. The predicted octanol–water partition coefficient (Wildman–Crippen LogP) is 2.46. The van der Waals surface area contributed by atoms with Gasteiger partial charge in [-0.25, -0.2) is 0 Å². The van der Waals surface area contributed by atoms with Crippen LogP contribution in [-0.2, 0) is 13.2 Å². The minimum Gasteiger partial charge on any atom is -0.489 e. The van der Waals surface area contributed by atoms with Gasteiger partial charge in [-0.15, -0.1) is 0 Å². The molecule has 0 fully saturated rings. The van der Waals surface area contributed by atoms with E-state index in [1.165, 1.54) is 0 Å². The van der Waals surface area contributed by atoms with E-state index in [-0.39, 0.29) is 6.61 Å². The molecule has 88 valence electrons. The molecule has 17 heavy (non-hydrogen) atoms. The van der Waals surface area contributed by atoms with Gasteiger partial charge >= 0.3 is 0 Å². The van der Waals surface area contributed by atoms with E-state index < -0.39 is 0 Å². The maximum absolute atomic E-state index is 9.25. The Morgan fingerprint density at radius 3 is 2.65 bits per heavy atom. The molecule has 0 unspecified atom stereocenters. The average Bonchev–Trinajstić information content (AvgIpc) is 2.38. The average molecular weight is 229 g/mol. The highest BCUT2D eigenvalue weighted by Gasteiger charge is 2.03. The van der Waals surface area contributed by atoms with Crippen molar-refractivity contribution in [3.63, 3.8) is 0 Å². The summed E-state index contributed by atoms with van der Waals surface area (Å²) in [7, 11) is 0. The molecule has 2 aromatic rings. The monoisotopic (exact) mass is 229 g/mol. The topological polar surface area (TPSA) is 42.4 Å². The Kier molecular flexibility index (Phi) is 3.73. The van der Waals surface area contributed by atoms with Gasteiger partial charge in [-0.05, 0) is 30.7 Å². The number of rotatable bonds is 4. The van der Waals surface area contributed by atoms with Crippen molar-refractivity contribution in [2.24, 2.45) is 0 Å². The molecule has 0 spiro atoms. The van der Waals surface area contributed by atoms with E-state index >= 15 is 0 Å². The van der Waals surface area contributed by atoms with Gasteiger partial charge in [0.05, 0.1) is 6.61 Å². The van der Waals surface area contributed by atoms with Crippen LogP contribution in [0.4, 0.5) is 0 Å². The minimum atomic E-state index is -0.00659. The zero-order chi connectivity index (χ0) is 12.1. The maximum Gasteiger partial charge on any atom is 0.125 e. The number of ether oxygens (including phenoxy) is 1. The largest absolute Gasteiger partial charge is 0.489 e. The highest BCUT2D eigenvalue weighted by Crippen LogP contribution is 2.21. The van der Waals surface area contributed by atoms with Gasteiger partial charge in [0, 0.05) is 18.0 Å². The smallest absolute Gasteiger partial charge is 0.125 e. The normalized spacial score (nSPS) is 10.2. The molecular weight excluding hydrogens is 214 g/mol. The molecule has 3 heteroatoms. The summed E-state index contributed by atoms with van der Waals surface area (Å²) in [6, 6.07) is 9.62.